The number of aryl methyl sites for hydroxylation is 1. The lowest BCUT2D eigenvalue weighted by atomic mass is 9.76. The van der Waals surface area contributed by atoms with Crippen molar-refractivity contribution >= 4 is 11.3 Å². The van der Waals surface area contributed by atoms with Crippen molar-refractivity contribution in [2.45, 2.75) is 50.9 Å². The number of thiophene rings is 1. The van der Waals surface area contributed by atoms with Crippen LogP contribution >= 0.6 is 11.3 Å². The second-order valence-corrected chi connectivity index (χ2v) is 9.30. The smallest absolute Gasteiger partial charge is 0.383 e. The first kappa shape index (κ1) is 21.8. The molecule has 1 N–H and O–H groups in total. The number of nitrogens with zero attached hydrogens (tertiary/aromatic N) is 3. The summed E-state index contributed by atoms with van der Waals surface area (Å²) < 4.78 is 40.7. The van der Waals surface area contributed by atoms with Crippen molar-refractivity contribution in [3.63, 3.8) is 0 Å². The van der Waals surface area contributed by atoms with Crippen molar-refractivity contribution in [2.24, 2.45) is 5.41 Å². The van der Waals surface area contributed by atoms with Gasteiger partial charge in [-0.1, -0.05) is 6.07 Å². The van der Waals surface area contributed by atoms with Gasteiger partial charge in [-0.3, -0.25) is 9.88 Å². The summed E-state index contributed by atoms with van der Waals surface area (Å²) in [6, 6.07) is 11.0. The molecular weight excluding hydrogens is 399 g/mol. The summed E-state index contributed by atoms with van der Waals surface area (Å²) in [4.78, 5) is 7.77. The van der Waals surface area contributed by atoms with Crippen LogP contribution in [0.25, 0.3) is 0 Å². The summed E-state index contributed by atoms with van der Waals surface area (Å²) in [5.41, 5.74) is -1.05. The fourth-order valence-electron chi connectivity index (χ4n) is 4.12. The van der Waals surface area contributed by atoms with E-state index in [0.29, 0.717) is 17.8 Å². The van der Waals surface area contributed by atoms with Gasteiger partial charge in [-0.15, -0.1) is 11.3 Å². The molecule has 1 fully saturated rings. The molecule has 8 heteroatoms. The highest BCUT2D eigenvalue weighted by Gasteiger charge is 2.56. The highest BCUT2D eigenvalue weighted by Crippen LogP contribution is 2.47. The van der Waals surface area contributed by atoms with E-state index in [4.69, 9.17) is 5.26 Å². The first-order chi connectivity index (χ1) is 13.6. The number of pyridine rings is 1. The van der Waals surface area contributed by atoms with Gasteiger partial charge >= 0.3 is 6.18 Å². The van der Waals surface area contributed by atoms with Crippen LogP contribution in [0.15, 0.2) is 36.5 Å². The summed E-state index contributed by atoms with van der Waals surface area (Å²) in [6.45, 7) is 4.48. The molecule has 0 amide bonds. The van der Waals surface area contributed by atoms with Crippen LogP contribution in [-0.2, 0) is 12.0 Å². The lowest BCUT2D eigenvalue weighted by Crippen LogP contribution is -2.49. The van der Waals surface area contributed by atoms with Crippen molar-refractivity contribution in [1.82, 2.24) is 9.88 Å². The minimum absolute atomic E-state index is 0.133. The topological polar surface area (TPSA) is 60.2 Å². The molecule has 0 aliphatic carbocycles. The van der Waals surface area contributed by atoms with Crippen LogP contribution in [0.3, 0.4) is 0 Å². The molecule has 3 heterocycles. The third-order valence-electron chi connectivity index (χ3n) is 6.00. The number of hydrogen-bond donors (Lipinski definition) is 1. The maximum absolute atomic E-state index is 13.6. The Bertz CT molecular complexity index is 875. The van der Waals surface area contributed by atoms with Gasteiger partial charge in [0.05, 0.1) is 11.2 Å². The number of aliphatic hydroxyl groups excluding tert-OH is 1. The first-order valence-electron chi connectivity index (χ1n) is 9.49. The third kappa shape index (κ3) is 4.47. The minimum Gasteiger partial charge on any atom is -0.383 e. The summed E-state index contributed by atoms with van der Waals surface area (Å²) in [5, 5.41) is 19.3. The van der Waals surface area contributed by atoms with Gasteiger partial charge in [0.1, 0.15) is 10.9 Å². The Balaban J connectivity index is 1.84. The molecule has 0 aromatic carbocycles. The van der Waals surface area contributed by atoms with Crippen molar-refractivity contribution in [2.75, 3.05) is 13.1 Å². The van der Waals surface area contributed by atoms with E-state index in [1.54, 1.807) is 24.4 Å². The zero-order chi connectivity index (χ0) is 21.3. The highest BCUT2D eigenvalue weighted by atomic mass is 32.1. The van der Waals surface area contributed by atoms with Crippen LogP contribution in [0.5, 0.6) is 0 Å². The summed E-state index contributed by atoms with van der Waals surface area (Å²) in [6.07, 6.45) is -4.55. The standard InChI is InChI=1S/C21H24F3N3OS/c1-19(2,17-5-3-4-11-26-17)27-12-10-20(14-27,18(28)21(22,23)24)9-8-15-6-7-16(13-25)29-15/h3-7,11,18,28H,8-10,12,14H2,1-2H3/t18-,20-/m1/s1. The van der Waals surface area contributed by atoms with Gasteiger partial charge in [-0.2, -0.15) is 18.4 Å². The number of likely N-dealkylation sites (tertiary alicyclic amines) is 1. The van der Waals surface area contributed by atoms with Gasteiger partial charge in [0.25, 0.3) is 0 Å². The predicted octanol–water partition coefficient (Wildman–Crippen LogP) is 4.50. The maximum Gasteiger partial charge on any atom is 0.414 e. The van der Waals surface area contributed by atoms with Crippen LogP contribution in [0, 0.1) is 16.7 Å². The molecule has 1 aliphatic heterocycles. The van der Waals surface area contributed by atoms with Crippen molar-refractivity contribution in [3.05, 3.63) is 52.0 Å². The molecule has 0 radical (unpaired) electrons. The third-order valence-corrected chi connectivity index (χ3v) is 7.05. The molecule has 2 aromatic heterocycles. The monoisotopic (exact) mass is 423 g/mol. The molecule has 0 spiro atoms. The largest absolute Gasteiger partial charge is 0.414 e. The number of nitriles is 1. The van der Waals surface area contributed by atoms with E-state index in [0.717, 1.165) is 10.6 Å². The van der Waals surface area contributed by atoms with E-state index in [1.807, 2.05) is 30.9 Å². The SMILES string of the molecule is CC(C)(c1ccccn1)N1CC[C@@](CCc2ccc(C#N)s2)([C@@H](O)C(F)(F)F)C1. The van der Waals surface area contributed by atoms with E-state index in [-0.39, 0.29) is 19.4 Å². The molecule has 3 rings (SSSR count). The maximum atomic E-state index is 13.6. The minimum atomic E-state index is -4.68. The number of alkyl halides is 3. The number of rotatable bonds is 6. The lowest BCUT2D eigenvalue weighted by molar-refractivity contribution is -0.239. The highest BCUT2D eigenvalue weighted by molar-refractivity contribution is 7.12. The Kier molecular flexibility index (Phi) is 6.04. The average molecular weight is 424 g/mol. The predicted molar refractivity (Wildman–Crippen MR) is 105 cm³/mol. The molecular formula is C21H24F3N3OS. The zero-order valence-electron chi connectivity index (χ0n) is 16.4. The normalized spacial score (nSPS) is 21.8. The van der Waals surface area contributed by atoms with Crippen molar-refractivity contribution < 1.29 is 18.3 Å². The quantitative estimate of drug-likeness (QED) is 0.743. The van der Waals surface area contributed by atoms with Crippen molar-refractivity contribution in [1.29, 1.82) is 5.26 Å². The number of hydrogen-bond acceptors (Lipinski definition) is 5. The van der Waals surface area contributed by atoms with Crippen LogP contribution < -0.4 is 0 Å². The fraction of sp³-hybridized carbons (Fsp3) is 0.524. The van der Waals surface area contributed by atoms with Crippen LogP contribution in [0.4, 0.5) is 13.2 Å². The van der Waals surface area contributed by atoms with E-state index in [2.05, 4.69) is 11.1 Å². The molecule has 1 saturated heterocycles. The lowest BCUT2D eigenvalue weighted by Gasteiger charge is -2.39. The average Bonchev–Trinajstić information content (AvgIpc) is 3.34. The summed E-state index contributed by atoms with van der Waals surface area (Å²) >= 11 is 1.29. The van der Waals surface area contributed by atoms with Crippen molar-refractivity contribution in [3.8, 4) is 6.07 Å². The van der Waals surface area contributed by atoms with Gasteiger partial charge in [0, 0.05) is 23.0 Å². The Labute approximate surface area is 172 Å². The van der Waals surface area contributed by atoms with E-state index in [9.17, 15) is 18.3 Å². The summed E-state index contributed by atoms with van der Waals surface area (Å²) in [7, 11) is 0. The molecule has 0 unspecified atom stereocenters. The van der Waals surface area contributed by atoms with Gasteiger partial charge in [0.15, 0.2) is 6.10 Å². The first-order valence-corrected chi connectivity index (χ1v) is 10.3. The molecule has 156 valence electrons. The zero-order valence-corrected chi connectivity index (χ0v) is 17.2. The number of aromatic nitrogens is 1. The molecule has 0 bridgehead atoms. The Hall–Kier alpha value is -1.95. The number of aliphatic hydroxyl groups is 1. The van der Waals surface area contributed by atoms with E-state index in [1.165, 1.54) is 11.3 Å². The van der Waals surface area contributed by atoms with Gasteiger partial charge in [-0.05, 0) is 63.9 Å². The molecule has 2 atom stereocenters. The van der Waals surface area contributed by atoms with E-state index < -0.39 is 23.2 Å². The fourth-order valence-corrected chi connectivity index (χ4v) is 4.92. The molecule has 0 saturated carbocycles. The Morgan fingerprint density at radius 1 is 1.31 bits per heavy atom. The van der Waals surface area contributed by atoms with Gasteiger partial charge in [0.2, 0.25) is 0 Å². The van der Waals surface area contributed by atoms with Crippen LogP contribution in [0.2, 0.25) is 0 Å². The van der Waals surface area contributed by atoms with Crippen LogP contribution in [0.1, 0.15) is 42.1 Å². The molecule has 4 nitrogen and oxygen atoms in total. The van der Waals surface area contributed by atoms with Gasteiger partial charge < -0.3 is 5.11 Å². The number of halogens is 3. The Morgan fingerprint density at radius 2 is 2.07 bits per heavy atom. The summed E-state index contributed by atoms with van der Waals surface area (Å²) in [5.74, 6) is 0. The second-order valence-electron chi connectivity index (χ2n) is 8.13. The second kappa shape index (κ2) is 8.05. The van der Waals surface area contributed by atoms with Crippen LogP contribution in [-0.4, -0.2) is 40.4 Å². The molecule has 1 aliphatic rings. The Morgan fingerprint density at radius 3 is 2.66 bits per heavy atom. The molecule has 29 heavy (non-hydrogen) atoms. The molecule has 2 aromatic rings. The van der Waals surface area contributed by atoms with Gasteiger partial charge in [-0.25, -0.2) is 0 Å². The van der Waals surface area contributed by atoms with E-state index >= 15 is 0 Å².